The normalized spacial score (nSPS) is 11.1. The van der Waals surface area contributed by atoms with Crippen molar-refractivity contribution < 1.29 is 14.2 Å². The molecule has 1 aromatic carbocycles. The zero-order chi connectivity index (χ0) is 26.8. The Hall–Kier alpha value is -1.38. The van der Waals surface area contributed by atoms with Gasteiger partial charge in [0, 0.05) is 0 Å². The van der Waals surface area contributed by atoms with Gasteiger partial charge in [-0.25, -0.2) is 0 Å². The smallest absolute Gasteiger partial charge is 0.203 e. The maximum Gasteiger partial charge on any atom is 0.203 e. The van der Waals surface area contributed by atoms with Crippen LogP contribution in [0.5, 0.6) is 17.2 Å². The maximum absolute atomic E-state index is 6.39. The minimum Gasteiger partial charge on any atom is -0.490 e. The summed E-state index contributed by atoms with van der Waals surface area (Å²) in [5.41, 5.74) is 1.27. The van der Waals surface area contributed by atoms with Crippen LogP contribution in [-0.2, 0) is 6.42 Å². The summed E-state index contributed by atoms with van der Waals surface area (Å²) in [5, 5.41) is 0. The van der Waals surface area contributed by atoms with Gasteiger partial charge in [-0.1, -0.05) is 130 Å². The molecule has 1 aromatic rings. The second kappa shape index (κ2) is 24.9. The number of hydrogen-bond acceptors (Lipinski definition) is 3. The van der Waals surface area contributed by atoms with Crippen LogP contribution in [0, 0.1) is 6.92 Å². The molecule has 0 N–H and O–H groups in total. The quantitative estimate of drug-likeness (QED) is 0.109. The van der Waals surface area contributed by atoms with Crippen molar-refractivity contribution in [2.24, 2.45) is 0 Å². The van der Waals surface area contributed by atoms with Gasteiger partial charge in [0.25, 0.3) is 0 Å². The van der Waals surface area contributed by atoms with Crippen molar-refractivity contribution in [2.75, 3.05) is 19.8 Å². The highest BCUT2D eigenvalue weighted by molar-refractivity contribution is 5.54. The molecule has 0 aliphatic heterocycles. The molecule has 0 aromatic heterocycles. The van der Waals surface area contributed by atoms with Gasteiger partial charge >= 0.3 is 0 Å². The van der Waals surface area contributed by atoms with Gasteiger partial charge in [-0.15, -0.1) is 0 Å². The molecule has 0 saturated carbocycles. The van der Waals surface area contributed by atoms with E-state index in [9.17, 15) is 0 Å². The lowest BCUT2D eigenvalue weighted by atomic mass is 10.1. The Morgan fingerprint density at radius 3 is 1.27 bits per heavy atom. The van der Waals surface area contributed by atoms with Crippen LogP contribution in [0.25, 0.3) is 0 Å². The van der Waals surface area contributed by atoms with Gasteiger partial charge in [-0.05, 0) is 49.8 Å². The van der Waals surface area contributed by atoms with Gasteiger partial charge in [-0.2, -0.15) is 0 Å². The van der Waals surface area contributed by atoms with Crippen molar-refractivity contribution in [1.82, 2.24) is 0 Å². The van der Waals surface area contributed by atoms with Crippen LogP contribution in [0.4, 0.5) is 0 Å². The molecular formula is C34H61O3. The average Bonchev–Trinajstić information content (AvgIpc) is 2.91. The molecule has 0 saturated heterocycles. The molecule has 0 fully saturated rings. The zero-order valence-corrected chi connectivity index (χ0v) is 25.1. The van der Waals surface area contributed by atoms with E-state index in [1.54, 1.807) is 0 Å². The third-order valence-electron chi connectivity index (χ3n) is 7.05. The molecule has 0 amide bonds. The van der Waals surface area contributed by atoms with Crippen molar-refractivity contribution >= 4 is 0 Å². The third-order valence-corrected chi connectivity index (χ3v) is 7.05. The molecule has 1 radical (unpaired) electrons. The Morgan fingerprint density at radius 2 is 0.865 bits per heavy atom. The van der Waals surface area contributed by atoms with Crippen molar-refractivity contribution in [3.63, 3.8) is 0 Å². The summed E-state index contributed by atoms with van der Waals surface area (Å²) in [7, 11) is 0. The second-order valence-corrected chi connectivity index (χ2v) is 10.7. The van der Waals surface area contributed by atoms with Crippen LogP contribution < -0.4 is 14.2 Å². The highest BCUT2D eigenvalue weighted by atomic mass is 16.5. The first kappa shape index (κ1) is 33.6. The Bertz CT molecular complexity index is 588. The predicted molar refractivity (Wildman–Crippen MR) is 161 cm³/mol. The molecule has 3 nitrogen and oxygen atoms in total. The number of ether oxygens (including phenoxy) is 3. The molecule has 215 valence electrons. The molecule has 37 heavy (non-hydrogen) atoms. The van der Waals surface area contributed by atoms with Crippen LogP contribution in [-0.4, -0.2) is 19.8 Å². The summed E-state index contributed by atoms with van der Waals surface area (Å²) in [6.07, 6.45) is 25.8. The number of rotatable bonds is 27. The van der Waals surface area contributed by atoms with Crippen LogP contribution in [0.3, 0.4) is 0 Å². The summed E-state index contributed by atoms with van der Waals surface area (Å²) in [6.45, 7) is 13.1. The topological polar surface area (TPSA) is 27.7 Å². The van der Waals surface area contributed by atoms with E-state index in [0.29, 0.717) is 0 Å². The minimum atomic E-state index is 0.727. The Morgan fingerprint density at radius 1 is 0.486 bits per heavy atom. The molecule has 0 bridgehead atoms. The molecule has 1 rings (SSSR count). The van der Waals surface area contributed by atoms with Gasteiger partial charge in [0.2, 0.25) is 5.75 Å². The van der Waals surface area contributed by atoms with Crippen LogP contribution in [0.15, 0.2) is 12.1 Å². The standard InChI is InChI=1S/C34H61O3/c1-5-9-13-16-19-22-26-35-32-29-31(25-12-8-4)30-33(36-27-23-20-17-14-10-6-2)34(32)37-28-24-21-18-15-11-7-3/h29-30H,4-28H2,1-3H3. The molecule has 0 heterocycles. The van der Waals surface area contributed by atoms with Gasteiger partial charge in [0.1, 0.15) is 0 Å². The summed E-state index contributed by atoms with van der Waals surface area (Å²) < 4.78 is 19.1. The lowest BCUT2D eigenvalue weighted by Crippen LogP contribution is -2.07. The molecule has 0 aliphatic carbocycles. The lowest BCUT2D eigenvalue weighted by molar-refractivity contribution is 0.234. The fraction of sp³-hybridized carbons (Fsp3) is 0.794. The van der Waals surface area contributed by atoms with Gasteiger partial charge in [0.05, 0.1) is 19.8 Å². The highest BCUT2D eigenvalue weighted by Gasteiger charge is 2.16. The van der Waals surface area contributed by atoms with E-state index in [1.165, 1.54) is 102 Å². The van der Waals surface area contributed by atoms with Gasteiger partial charge in [-0.3, -0.25) is 0 Å². The minimum absolute atomic E-state index is 0.727. The molecule has 0 aliphatic rings. The van der Waals surface area contributed by atoms with Crippen molar-refractivity contribution in [3.8, 4) is 17.2 Å². The van der Waals surface area contributed by atoms with E-state index in [0.717, 1.165) is 75.6 Å². The van der Waals surface area contributed by atoms with Crippen molar-refractivity contribution in [2.45, 2.75) is 156 Å². The Balaban J connectivity index is 2.80. The summed E-state index contributed by atoms with van der Waals surface area (Å²) >= 11 is 0. The zero-order valence-electron chi connectivity index (χ0n) is 25.1. The number of aryl methyl sites for hydroxylation is 1. The Labute approximate surface area is 231 Å². The maximum atomic E-state index is 6.39. The van der Waals surface area contributed by atoms with E-state index in [4.69, 9.17) is 14.2 Å². The van der Waals surface area contributed by atoms with Crippen LogP contribution >= 0.6 is 0 Å². The fourth-order valence-electron chi connectivity index (χ4n) is 4.65. The van der Waals surface area contributed by atoms with Crippen molar-refractivity contribution in [1.29, 1.82) is 0 Å². The first-order valence-corrected chi connectivity index (χ1v) is 16.1. The van der Waals surface area contributed by atoms with Crippen molar-refractivity contribution in [3.05, 3.63) is 24.6 Å². The van der Waals surface area contributed by atoms with Gasteiger partial charge < -0.3 is 14.2 Å². The van der Waals surface area contributed by atoms with E-state index in [2.05, 4.69) is 39.8 Å². The van der Waals surface area contributed by atoms with Crippen LogP contribution in [0.1, 0.15) is 155 Å². The second-order valence-electron chi connectivity index (χ2n) is 10.7. The number of unbranched alkanes of at least 4 members (excludes halogenated alkanes) is 16. The molecular weight excluding hydrogens is 456 g/mol. The highest BCUT2D eigenvalue weighted by Crippen LogP contribution is 2.40. The number of benzene rings is 1. The average molecular weight is 518 g/mol. The number of hydrogen-bond donors (Lipinski definition) is 0. The molecule has 0 spiro atoms. The predicted octanol–water partition coefficient (Wildman–Crippen LogP) is 11.1. The van der Waals surface area contributed by atoms with E-state index in [1.807, 2.05) is 0 Å². The summed E-state index contributed by atoms with van der Waals surface area (Å²) in [5.74, 6) is 2.57. The summed E-state index contributed by atoms with van der Waals surface area (Å²) in [4.78, 5) is 0. The summed E-state index contributed by atoms with van der Waals surface area (Å²) in [6, 6.07) is 4.39. The largest absolute Gasteiger partial charge is 0.490 e. The molecule has 0 unspecified atom stereocenters. The lowest BCUT2D eigenvalue weighted by Gasteiger charge is -2.19. The first-order valence-electron chi connectivity index (χ1n) is 16.1. The molecule has 0 atom stereocenters. The molecule has 3 heteroatoms. The fourth-order valence-corrected chi connectivity index (χ4v) is 4.65. The van der Waals surface area contributed by atoms with E-state index in [-0.39, 0.29) is 0 Å². The Kier molecular flexibility index (Phi) is 22.7. The van der Waals surface area contributed by atoms with Crippen LogP contribution in [0.2, 0.25) is 0 Å². The van der Waals surface area contributed by atoms with Gasteiger partial charge in [0.15, 0.2) is 11.5 Å². The third kappa shape index (κ3) is 17.7. The first-order chi connectivity index (χ1) is 18.3. The monoisotopic (exact) mass is 517 g/mol. The van der Waals surface area contributed by atoms with E-state index >= 15 is 0 Å². The van der Waals surface area contributed by atoms with E-state index < -0.39 is 0 Å². The SMILES string of the molecule is [CH2]CCCc1cc(OCCCCCCCC)c(OCCCCCCCC)c(OCCCCCCCC)c1.